The molecule has 1 aromatic rings. The van der Waals surface area contributed by atoms with Gasteiger partial charge in [0, 0.05) is 37.3 Å². The molecule has 2 rings (SSSR count). The van der Waals surface area contributed by atoms with Crippen LogP contribution in [-0.2, 0) is 4.79 Å². The Morgan fingerprint density at radius 3 is 2.65 bits per heavy atom. The van der Waals surface area contributed by atoms with Gasteiger partial charge in [-0.1, -0.05) is 0 Å². The maximum absolute atomic E-state index is 11.8. The second kappa shape index (κ2) is 4.95. The minimum absolute atomic E-state index is 0.000180. The summed E-state index contributed by atoms with van der Waals surface area (Å²) in [6.07, 6.45) is 5.22. The standard InChI is InChI=1S/C12H14N2O3/c15-9-3-1-8(2-4-9)14-12(17)10-7-13-6-5-11(10)16/h5-8H,1-4H2,(H,13,16)(H,14,17). The van der Waals surface area contributed by atoms with Crippen LogP contribution in [0.25, 0.3) is 0 Å². The third-order valence-corrected chi connectivity index (χ3v) is 2.95. The van der Waals surface area contributed by atoms with Crippen LogP contribution < -0.4 is 10.7 Å². The van der Waals surface area contributed by atoms with E-state index in [4.69, 9.17) is 0 Å². The molecular formula is C12H14N2O3. The molecule has 0 aliphatic heterocycles. The molecule has 0 spiro atoms. The van der Waals surface area contributed by atoms with E-state index in [-0.39, 0.29) is 28.7 Å². The van der Waals surface area contributed by atoms with E-state index in [0.717, 1.165) is 0 Å². The van der Waals surface area contributed by atoms with Crippen LogP contribution in [0, 0.1) is 0 Å². The van der Waals surface area contributed by atoms with Crippen LogP contribution in [0.5, 0.6) is 0 Å². The highest BCUT2D eigenvalue weighted by Crippen LogP contribution is 2.14. The summed E-state index contributed by atoms with van der Waals surface area (Å²) in [6.45, 7) is 0. The second-order valence-electron chi connectivity index (χ2n) is 4.21. The van der Waals surface area contributed by atoms with Crippen LogP contribution in [-0.4, -0.2) is 22.7 Å². The lowest BCUT2D eigenvalue weighted by molar-refractivity contribution is -0.120. The monoisotopic (exact) mass is 234 g/mol. The number of pyridine rings is 1. The highest BCUT2D eigenvalue weighted by Gasteiger charge is 2.21. The number of hydrogen-bond donors (Lipinski definition) is 2. The number of hydrogen-bond acceptors (Lipinski definition) is 3. The molecule has 0 bridgehead atoms. The summed E-state index contributed by atoms with van der Waals surface area (Å²) < 4.78 is 0. The van der Waals surface area contributed by atoms with Crippen molar-refractivity contribution in [2.45, 2.75) is 31.7 Å². The van der Waals surface area contributed by atoms with Crippen molar-refractivity contribution in [3.05, 3.63) is 34.2 Å². The van der Waals surface area contributed by atoms with Gasteiger partial charge in [-0.3, -0.25) is 14.4 Å². The van der Waals surface area contributed by atoms with Crippen molar-refractivity contribution >= 4 is 11.7 Å². The number of rotatable bonds is 2. The summed E-state index contributed by atoms with van der Waals surface area (Å²) in [7, 11) is 0. The third kappa shape index (κ3) is 2.81. The number of aromatic amines is 1. The Bertz CT molecular complexity index is 483. The third-order valence-electron chi connectivity index (χ3n) is 2.95. The van der Waals surface area contributed by atoms with Crippen LogP contribution in [0.1, 0.15) is 36.0 Å². The summed E-state index contributed by atoms with van der Waals surface area (Å²) in [4.78, 5) is 37.0. The normalized spacial score (nSPS) is 16.8. The summed E-state index contributed by atoms with van der Waals surface area (Å²) in [6, 6.07) is 1.32. The fourth-order valence-corrected chi connectivity index (χ4v) is 1.94. The topological polar surface area (TPSA) is 79.0 Å². The van der Waals surface area contributed by atoms with Crippen molar-refractivity contribution < 1.29 is 9.59 Å². The SMILES string of the molecule is O=C1CCC(NC(=O)c2c[nH]ccc2=O)CC1. The first-order valence-corrected chi connectivity index (χ1v) is 5.66. The lowest BCUT2D eigenvalue weighted by atomic mass is 9.94. The summed E-state index contributed by atoms with van der Waals surface area (Å²) >= 11 is 0. The zero-order chi connectivity index (χ0) is 12.3. The molecule has 1 heterocycles. The summed E-state index contributed by atoms with van der Waals surface area (Å²) in [5.74, 6) is -0.126. The number of nitrogens with one attached hydrogen (secondary N) is 2. The highest BCUT2D eigenvalue weighted by molar-refractivity contribution is 5.94. The molecule has 90 valence electrons. The quantitative estimate of drug-likeness (QED) is 0.787. The lowest BCUT2D eigenvalue weighted by Gasteiger charge is -2.21. The molecule has 1 amide bonds. The van der Waals surface area contributed by atoms with Crippen molar-refractivity contribution in [2.75, 3.05) is 0 Å². The van der Waals surface area contributed by atoms with Gasteiger partial charge in [0.15, 0.2) is 5.43 Å². The number of H-pyrrole nitrogens is 1. The predicted octanol–water partition coefficient (Wildman–Crippen LogP) is 0.616. The molecule has 0 atom stereocenters. The molecular weight excluding hydrogens is 220 g/mol. The molecule has 1 saturated carbocycles. The molecule has 0 saturated heterocycles. The van der Waals surface area contributed by atoms with Gasteiger partial charge in [0.25, 0.3) is 5.91 Å². The maximum Gasteiger partial charge on any atom is 0.256 e. The van der Waals surface area contributed by atoms with Crippen molar-refractivity contribution in [2.24, 2.45) is 0 Å². The molecule has 2 N–H and O–H groups in total. The van der Waals surface area contributed by atoms with Crippen LogP contribution in [0.15, 0.2) is 23.3 Å². The highest BCUT2D eigenvalue weighted by atomic mass is 16.2. The Balaban J connectivity index is 2.00. The molecule has 1 aliphatic carbocycles. The van der Waals surface area contributed by atoms with E-state index in [1.54, 1.807) is 0 Å². The fraction of sp³-hybridized carbons (Fsp3) is 0.417. The Hall–Kier alpha value is -1.91. The Morgan fingerprint density at radius 1 is 1.29 bits per heavy atom. The minimum Gasteiger partial charge on any atom is -0.367 e. The van der Waals surface area contributed by atoms with Gasteiger partial charge in [0.05, 0.1) is 0 Å². The van der Waals surface area contributed by atoms with Gasteiger partial charge in [0.2, 0.25) is 0 Å². The zero-order valence-corrected chi connectivity index (χ0v) is 9.36. The van der Waals surface area contributed by atoms with Crippen LogP contribution in [0.3, 0.4) is 0 Å². The van der Waals surface area contributed by atoms with Crippen LogP contribution in [0.2, 0.25) is 0 Å². The molecule has 5 nitrogen and oxygen atoms in total. The Morgan fingerprint density at radius 2 is 2.00 bits per heavy atom. The first-order valence-electron chi connectivity index (χ1n) is 5.66. The Kier molecular flexibility index (Phi) is 3.37. The minimum atomic E-state index is -0.369. The largest absolute Gasteiger partial charge is 0.367 e. The van der Waals surface area contributed by atoms with Gasteiger partial charge >= 0.3 is 0 Å². The molecule has 1 aliphatic rings. The van der Waals surface area contributed by atoms with E-state index in [0.29, 0.717) is 25.7 Å². The molecule has 5 heteroatoms. The van der Waals surface area contributed by atoms with E-state index < -0.39 is 0 Å². The van der Waals surface area contributed by atoms with E-state index in [9.17, 15) is 14.4 Å². The van der Waals surface area contributed by atoms with Crippen molar-refractivity contribution in [3.8, 4) is 0 Å². The van der Waals surface area contributed by atoms with E-state index in [1.165, 1.54) is 18.5 Å². The number of ketones is 1. The van der Waals surface area contributed by atoms with Gasteiger partial charge in [-0.05, 0) is 12.8 Å². The first-order chi connectivity index (χ1) is 8.16. The maximum atomic E-state index is 11.8. The molecule has 1 aromatic heterocycles. The molecule has 17 heavy (non-hydrogen) atoms. The van der Waals surface area contributed by atoms with Crippen molar-refractivity contribution in [1.82, 2.24) is 10.3 Å². The van der Waals surface area contributed by atoms with Gasteiger partial charge in [-0.2, -0.15) is 0 Å². The second-order valence-corrected chi connectivity index (χ2v) is 4.21. The number of carbonyl (C=O) groups is 2. The summed E-state index contributed by atoms with van der Waals surface area (Å²) in [5, 5.41) is 2.79. The van der Waals surface area contributed by atoms with Crippen LogP contribution in [0.4, 0.5) is 0 Å². The smallest absolute Gasteiger partial charge is 0.256 e. The lowest BCUT2D eigenvalue weighted by Crippen LogP contribution is -2.39. The molecule has 0 unspecified atom stereocenters. The van der Waals surface area contributed by atoms with E-state index in [2.05, 4.69) is 10.3 Å². The molecule has 0 radical (unpaired) electrons. The predicted molar refractivity (Wildman–Crippen MR) is 61.8 cm³/mol. The molecule has 1 fully saturated rings. The number of carbonyl (C=O) groups excluding carboxylic acids is 2. The first kappa shape index (κ1) is 11.6. The van der Waals surface area contributed by atoms with Crippen molar-refractivity contribution in [1.29, 1.82) is 0 Å². The van der Waals surface area contributed by atoms with Crippen LogP contribution >= 0.6 is 0 Å². The van der Waals surface area contributed by atoms with Gasteiger partial charge in [-0.15, -0.1) is 0 Å². The summed E-state index contributed by atoms with van der Waals surface area (Å²) in [5.41, 5.74) is -0.183. The number of amides is 1. The number of aromatic nitrogens is 1. The van der Waals surface area contributed by atoms with Gasteiger partial charge in [-0.25, -0.2) is 0 Å². The van der Waals surface area contributed by atoms with E-state index in [1.807, 2.05) is 0 Å². The van der Waals surface area contributed by atoms with E-state index >= 15 is 0 Å². The fourth-order valence-electron chi connectivity index (χ4n) is 1.94. The van der Waals surface area contributed by atoms with Gasteiger partial charge < -0.3 is 10.3 Å². The average Bonchev–Trinajstić information content (AvgIpc) is 2.32. The zero-order valence-electron chi connectivity index (χ0n) is 9.36. The Labute approximate surface area is 98.2 Å². The molecule has 0 aromatic carbocycles. The van der Waals surface area contributed by atoms with Crippen molar-refractivity contribution in [3.63, 3.8) is 0 Å². The van der Waals surface area contributed by atoms with Gasteiger partial charge in [0.1, 0.15) is 11.3 Å². The average molecular weight is 234 g/mol. The number of Topliss-reactive ketones (excluding diaryl/α,β-unsaturated/α-hetero) is 1.